The monoisotopic (exact) mass is 430 g/mol. The van der Waals surface area contributed by atoms with Gasteiger partial charge in [0.05, 0.1) is 23.4 Å². The Labute approximate surface area is 176 Å². The van der Waals surface area contributed by atoms with E-state index in [2.05, 4.69) is 5.32 Å². The molecule has 5 nitrogen and oxygen atoms in total. The Hall–Kier alpha value is -2.38. The number of aryl methyl sites for hydroxylation is 1. The highest BCUT2D eigenvalue weighted by molar-refractivity contribution is 7.92. The van der Waals surface area contributed by atoms with E-state index in [0.717, 1.165) is 27.6 Å². The molecule has 0 fully saturated rings. The maximum atomic E-state index is 12.5. The number of hydrogen-bond acceptors (Lipinski definition) is 4. The topological polar surface area (TPSA) is 66.5 Å². The predicted octanol–water partition coefficient (Wildman–Crippen LogP) is 4.70. The first-order valence-electron chi connectivity index (χ1n) is 9.55. The quantitative estimate of drug-likeness (QED) is 0.591. The summed E-state index contributed by atoms with van der Waals surface area (Å²) in [4.78, 5) is 13.1. The molecule has 3 aromatic rings. The van der Waals surface area contributed by atoms with E-state index >= 15 is 0 Å². The molecule has 1 N–H and O–H groups in total. The fraction of sp³-hybridized carbons (Fsp3) is 0.318. The molecule has 0 spiro atoms. The molecule has 3 rings (SSSR count). The van der Waals surface area contributed by atoms with Crippen molar-refractivity contribution in [3.05, 3.63) is 64.5 Å². The zero-order valence-electron chi connectivity index (χ0n) is 17.1. The molecule has 1 atom stereocenters. The highest BCUT2D eigenvalue weighted by Gasteiger charge is 2.19. The lowest BCUT2D eigenvalue weighted by Crippen LogP contribution is -2.31. The molecule has 1 aromatic heterocycles. The third kappa shape index (κ3) is 5.16. The minimum atomic E-state index is -3.47. The second-order valence-corrected chi connectivity index (χ2v) is 10.4. The Morgan fingerprint density at radius 3 is 2.45 bits per heavy atom. The smallest absolute Gasteiger partial charge is 0.261 e. The molecular formula is C22H26N2O3S2. The van der Waals surface area contributed by atoms with Crippen LogP contribution in [-0.4, -0.2) is 26.6 Å². The first-order valence-corrected chi connectivity index (χ1v) is 12.2. The number of rotatable bonds is 7. The van der Waals surface area contributed by atoms with Crippen LogP contribution in [0.15, 0.2) is 48.5 Å². The first-order chi connectivity index (χ1) is 13.7. The molecular weight excluding hydrogens is 404 g/mol. The number of anilines is 1. The SMILES string of the molecule is CC[C@H](C)NC(=O)c1cc2cc(N(Cc3ccc(C)cc3)S(C)(=O)=O)ccc2s1. The second kappa shape index (κ2) is 8.55. The van der Waals surface area contributed by atoms with Crippen molar-refractivity contribution in [2.75, 3.05) is 10.6 Å². The molecule has 7 heteroatoms. The first kappa shape index (κ1) is 21.3. The average molecular weight is 431 g/mol. The number of hydrogen-bond donors (Lipinski definition) is 1. The number of nitrogens with one attached hydrogen (secondary N) is 1. The number of nitrogens with zero attached hydrogens (tertiary/aromatic N) is 1. The minimum Gasteiger partial charge on any atom is -0.349 e. The van der Waals surface area contributed by atoms with Crippen molar-refractivity contribution in [1.29, 1.82) is 0 Å². The van der Waals surface area contributed by atoms with E-state index in [-0.39, 0.29) is 18.5 Å². The molecule has 0 aliphatic rings. The van der Waals surface area contributed by atoms with Gasteiger partial charge in [0.1, 0.15) is 0 Å². The zero-order valence-corrected chi connectivity index (χ0v) is 18.7. The van der Waals surface area contributed by atoms with Gasteiger partial charge in [-0.25, -0.2) is 8.42 Å². The third-order valence-electron chi connectivity index (χ3n) is 4.85. The van der Waals surface area contributed by atoms with Crippen molar-refractivity contribution >= 4 is 43.0 Å². The van der Waals surface area contributed by atoms with Crippen molar-refractivity contribution in [3.63, 3.8) is 0 Å². The van der Waals surface area contributed by atoms with Crippen LogP contribution in [0.25, 0.3) is 10.1 Å². The summed E-state index contributed by atoms with van der Waals surface area (Å²) in [5.74, 6) is -0.0956. The fourth-order valence-electron chi connectivity index (χ4n) is 2.95. The van der Waals surface area contributed by atoms with Gasteiger partial charge in [0.15, 0.2) is 0 Å². The number of carbonyl (C=O) groups is 1. The lowest BCUT2D eigenvalue weighted by Gasteiger charge is -2.22. The Balaban J connectivity index is 1.93. The lowest BCUT2D eigenvalue weighted by molar-refractivity contribution is 0.0943. The number of sulfonamides is 1. The van der Waals surface area contributed by atoms with E-state index in [9.17, 15) is 13.2 Å². The molecule has 0 aliphatic carbocycles. The molecule has 0 saturated heterocycles. The number of benzene rings is 2. The van der Waals surface area contributed by atoms with Gasteiger partial charge in [0, 0.05) is 10.7 Å². The molecule has 0 bridgehead atoms. The van der Waals surface area contributed by atoms with Crippen LogP contribution in [-0.2, 0) is 16.6 Å². The van der Waals surface area contributed by atoms with Crippen molar-refractivity contribution in [3.8, 4) is 0 Å². The van der Waals surface area contributed by atoms with Gasteiger partial charge in [0.2, 0.25) is 10.0 Å². The Morgan fingerprint density at radius 1 is 1.14 bits per heavy atom. The van der Waals surface area contributed by atoms with E-state index in [1.54, 1.807) is 6.07 Å². The third-order valence-corrected chi connectivity index (χ3v) is 7.10. The van der Waals surface area contributed by atoms with Crippen LogP contribution in [0.5, 0.6) is 0 Å². The van der Waals surface area contributed by atoms with Gasteiger partial charge in [-0.2, -0.15) is 0 Å². The maximum absolute atomic E-state index is 12.5. The summed E-state index contributed by atoms with van der Waals surface area (Å²) in [6.45, 7) is 6.25. The lowest BCUT2D eigenvalue weighted by atomic mass is 10.1. The summed E-state index contributed by atoms with van der Waals surface area (Å²) in [6.07, 6.45) is 2.08. The van der Waals surface area contributed by atoms with Gasteiger partial charge in [0.25, 0.3) is 5.91 Å². The summed E-state index contributed by atoms with van der Waals surface area (Å²) in [6, 6.07) is 15.3. The van der Waals surface area contributed by atoms with E-state index in [4.69, 9.17) is 0 Å². The van der Waals surface area contributed by atoms with E-state index in [1.165, 1.54) is 21.9 Å². The summed E-state index contributed by atoms with van der Waals surface area (Å²) < 4.78 is 27.3. The number of thiophene rings is 1. The van der Waals surface area contributed by atoms with Crippen molar-refractivity contribution in [2.24, 2.45) is 0 Å². The van der Waals surface area contributed by atoms with E-state index in [0.29, 0.717) is 10.6 Å². The van der Waals surface area contributed by atoms with Crippen molar-refractivity contribution < 1.29 is 13.2 Å². The zero-order chi connectivity index (χ0) is 21.2. The van der Waals surface area contributed by atoms with Crippen molar-refractivity contribution in [2.45, 2.75) is 39.8 Å². The maximum Gasteiger partial charge on any atom is 0.261 e. The summed E-state index contributed by atoms with van der Waals surface area (Å²) in [7, 11) is -3.47. The van der Waals surface area contributed by atoms with Gasteiger partial charge in [-0.15, -0.1) is 11.3 Å². The van der Waals surface area contributed by atoms with Gasteiger partial charge in [-0.3, -0.25) is 9.10 Å². The Kier molecular flexibility index (Phi) is 6.29. The van der Waals surface area contributed by atoms with Gasteiger partial charge in [-0.05, 0) is 55.5 Å². The fourth-order valence-corrected chi connectivity index (χ4v) is 4.78. The average Bonchev–Trinajstić information content (AvgIpc) is 3.10. The Bertz CT molecular complexity index is 1120. The molecule has 0 unspecified atom stereocenters. The normalized spacial score (nSPS) is 12.7. The molecule has 29 heavy (non-hydrogen) atoms. The standard InChI is InChI=1S/C22H26N2O3S2/c1-5-16(3)23-22(25)21-13-18-12-19(10-11-20(18)28-21)24(29(4,26)27)14-17-8-6-15(2)7-9-17/h6-13,16H,5,14H2,1-4H3,(H,23,25)/t16-/m0/s1. The largest absolute Gasteiger partial charge is 0.349 e. The number of fused-ring (bicyclic) bond motifs is 1. The molecule has 1 amide bonds. The summed E-state index contributed by atoms with van der Waals surface area (Å²) in [5.41, 5.74) is 2.63. The van der Waals surface area contributed by atoms with Crippen LogP contribution in [0.4, 0.5) is 5.69 Å². The van der Waals surface area contributed by atoms with Crippen LogP contribution in [0.3, 0.4) is 0 Å². The van der Waals surface area contributed by atoms with Gasteiger partial charge in [-0.1, -0.05) is 36.8 Å². The molecule has 154 valence electrons. The number of carbonyl (C=O) groups excluding carboxylic acids is 1. The van der Waals surface area contributed by atoms with Gasteiger partial charge < -0.3 is 5.32 Å². The van der Waals surface area contributed by atoms with Crippen LogP contribution in [0.1, 0.15) is 41.1 Å². The predicted molar refractivity (Wildman–Crippen MR) is 121 cm³/mol. The highest BCUT2D eigenvalue weighted by Crippen LogP contribution is 2.31. The molecule has 0 saturated carbocycles. The minimum absolute atomic E-state index is 0.0956. The summed E-state index contributed by atoms with van der Waals surface area (Å²) >= 11 is 1.41. The highest BCUT2D eigenvalue weighted by atomic mass is 32.2. The van der Waals surface area contributed by atoms with E-state index in [1.807, 2.05) is 63.2 Å². The number of amides is 1. The molecule has 2 aromatic carbocycles. The molecule has 0 radical (unpaired) electrons. The van der Waals surface area contributed by atoms with Crippen LogP contribution in [0.2, 0.25) is 0 Å². The second-order valence-electron chi connectivity index (χ2n) is 7.37. The van der Waals surface area contributed by atoms with Gasteiger partial charge >= 0.3 is 0 Å². The van der Waals surface area contributed by atoms with Crippen LogP contribution < -0.4 is 9.62 Å². The van der Waals surface area contributed by atoms with Crippen LogP contribution >= 0.6 is 11.3 Å². The Morgan fingerprint density at radius 2 is 1.83 bits per heavy atom. The molecule has 1 heterocycles. The molecule has 0 aliphatic heterocycles. The van der Waals surface area contributed by atoms with Crippen molar-refractivity contribution in [1.82, 2.24) is 5.32 Å². The summed E-state index contributed by atoms with van der Waals surface area (Å²) in [5, 5.41) is 3.83. The van der Waals surface area contributed by atoms with E-state index < -0.39 is 10.0 Å². The van der Waals surface area contributed by atoms with Crippen LogP contribution in [0, 0.1) is 6.92 Å².